The van der Waals surface area contributed by atoms with E-state index in [4.69, 9.17) is 25.8 Å². The molecule has 3 N–H and O–H groups in total. The molecule has 0 spiro atoms. The van der Waals surface area contributed by atoms with Gasteiger partial charge in [0.05, 0.1) is 48.1 Å². The molecule has 3 heterocycles. The maximum absolute atomic E-state index is 13.5. The van der Waals surface area contributed by atoms with Gasteiger partial charge in [0.1, 0.15) is 24.0 Å². The number of amides is 6. The Bertz CT molecular complexity index is 2270. The van der Waals surface area contributed by atoms with Crippen molar-refractivity contribution in [1.29, 1.82) is 5.26 Å². The Hall–Kier alpha value is -5.82. The third-order valence-electron chi connectivity index (χ3n) is 11.6. The molecule has 0 aromatic heterocycles. The van der Waals surface area contributed by atoms with Crippen LogP contribution in [0.2, 0.25) is 5.02 Å². The lowest BCUT2D eigenvalue weighted by Crippen LogP contribution is -2.74. The average molecular weight is 825 g/mol. The SMILES string of the molecule is CC1(C)C(NC(=O)c2ccc3c(c2)C(=O)N(CCOCCOCCNc2cccc4c2C(=O)N(C2CCC(=O)NC2=O)C4=O)C3)C(C)(C)C1Oc1ccc(C#N)c(Cl)c1. The zero-order chi connectivity index (χ0) is 42.2. The molecule has 59 heavy (non-hydrogen) atoms. The van der Waals surface area contributed by atoms with Crippen LogP contribution in [0.15, 0.2) is 54.6 Å². The highest BCUT2D eigenvalue weighted by Crippen LogP contribution is 2.55. The summed E-state index contributed by atoms with van der Waals surface area (Å²) in [7, 11) is 0. The second-order valence-corrected chi connectivity index (χ2v) is 16.6. The van der Waals surface area contributed by atoms with Gasteiger partial charge < -0.3 is 29.7 Å². The van der Waals surface area contributed by atoms with E-state index >= 15 is 0 Å². The number of nitrogens with zero attached hydrogens (tertiary/aromatic N) is 3. The van der Waals surface area contributed by atoms with Crippen LogP contribution in [0.1, 0.15) is 93.1 Å². The van der Waals surface area contributed by atoms with Crippen LogP contribution in [0, 0.1) is 22.2 Å². The predicted octanol–water partition coefficient (Wildman–Crippen LogP) is 4.33. The van der Waals surface area contributed by atoms with Crippen LogP contribution in [-0.2, 0) is 25.6 Å². The van der Waals surface area contributed by atoms with Crippen LogP contribution < -0.4 is 20.7 Å². The van der Waals surface area contributed by atoms with Crippen molar-refractivity contribution in [3.63, 3.8) is 0 Å². The Labute approximate surface area is 346 Å². The van der Waals surface area contributed by atoms with E-state index in [1.54, 1.807) is 47.4 Å². The van der Waals surface area contributed by atoms with E-state index in [1.165, 1.54) is 6.07 Å². The van der Waals surface area contributed by atoms with Crippen molar-refractivity contribution < 1.29 is 43.0 Å². The number of imide groups is 2. The minimum atomic E-state index is -1.04. The smallest absolute Gasteiger partial charge is 0.264 e. The molecule has 7 rings (SSSR count). The van der Waals surface area contributed by atoms with Gasteiger partial charge in [-0.25, -0.2) is 0 Å². The van der Waals surface area contributed by atoms with Crippen LogP contribution in [0.4, 0.5) is 5.69 Å². The monoisotopic (exact) mass is 824 g/mol. The standard InChI is InChI=1S/C43H45ClN6O9/c1-42(2)40(43(3,4)41(42)59-27-11-10-25(22-45)30(44)21-27)48-35(52)24-8-9-26-23-49(37(54)29(26)20-24)15-17-58-19-18-57-16-14-46-31-7-5-6-28-34(31)39(56)50(38(28)55)32-12-13-33(51)47-36(32)53/h5-11,20-21,32,40-41,46H,12-19,23H2,1-4H3,(H,48,52)(H,47,51,53). The number of nitriles is 1. The van der Waals surface area contributed by atoms with Crippen molar-refractivity contribution in [2.75, 3.05) is 44.8 Å². The Balaban J connectivity index is 0.823. The van der Waals surface area contributed by atoms with Gasteiger partial charge in [0, 0.05) is 65.8 Å². The van der Waals surface area contributed by atoms with Gasteiger partial charge in [-0.05, 0) is 48.4 Å². The number of ether oxygens (including phenoxy) is 3. The first kappa shape index (κ1) is 41.3. The van der Waals surface area contributed by atoms with Crippen LogP contribution >= 0.6 is 11.6 Å². The lowest BCUT2D eigenvalue weighted by atomic mass is 9.49. The number of benzene rings is 3. The predicted molar refractivity (Wildman–Crippen MR) is 214 cm³/mol. The first-order valence-electron chi connectivity index (χ1n) is 19.5. The highest BCUT2D eigenvalue weighted by Gasteiger charge is 2.64. The van der Waals surface area contributed by atoms with E-state index in [0.717, 1.165) is 10.5 Å². The topological polar surface area (TPSA) is 196 Å². The quantitative estimate of drug-likeness (QED) is 0.146. The molecule has 16 heteroatoms. The Morgan fingerprint density at radius 3 is 2.37 bits per heavy atom. The Morgan fingerprint density at radius 2 is 1.66 bits per heavy atom. The van der Waals surface area contributed by atoms with Crippen molar-refractivity contribution in [2.24, 2.45) is 10.8 Å². The number of piperidine rings is 1. The molecule has 0 radical (unpaired) electrons. The van der Waals surface area contributed by atoms with Crippen LogP contribution in [0.5, 0.6) is 5.75 Å². The number of nitrogens with one attached hydrogen (secondary N) is 3. The van der Waals surface area contributed by atoms with Gasteiger partial charge in [0.2, 0.25) is 11.8 Å². The van der Waals surface area contributed by atoms with Crippen molar-refractivity contribution in [3.05, 3.63) is 93.0 Å². The van der Waals surface area contributed by atoms with Crippen molar-refractivity contribution in [2.45, 2.75) is 65.3 Å². The summed E-state index contributed by atoms with van der Waals surface area (Å²) in [6.07, 6.45) is -0.130. The molecular weight excluding hydrogens is 780 g/mol. The molecule has 0 bridgehead atoms. The molecule has 1 saturated heterocycles. The van der Waals surface area contributed by atoms with E-state index in [1.807, 2.05) is 39.8 Å². The summed E-state index contributed by atoms with van der Waals surface area (Å²) >= 11 is 6.23. The van der Waals surface area contributed by atoms with Crippen molar-refractivity contribution >= 4 is 52.7 Å². The fraction of sp³-hybridized carbons (Fsp3) is 0.419. The molecule has 308 valence electrons. The molecule has 3 aliphatic heterocycles. The molecule has 4 aliphatic rings. The van der Waals surface area contributed by atoms with E-state index in [2.05, 4.69) is 16.0 Å². The maximum atomic E-state index is 13.5. The summed E-state index contributed by atoms with van der Waals surface area (Å²) in [5.41, 5.74) is 2.00. The zero-order valence-corrected chi connectivity index (χ0v) is 33.9. The number of carbonyl (C=O) groups is 6. The van der Waals surface area contributed by atoms with Gasteiger partial charge in [-0.2, -0.15) is 5.26 Å². The van der Waals surface area contributed by atoms with Crippen molar-refractivity contribution in [1.82, 2.24) is 20.4 Å². The van der Waals surface area contributed by atoms with Gasteiger partial charge in [-0.3, -0.25) is 39.0 Å². The van der Waals surface area contributed by atoms with E-state index < -0.39 is 40.5 Å². The summed E-state index contributed by atoms with van der Waals surface area (Å²) in [5.74, 6) is -2.17. The van der Waals surface area contributed by atoms with Crippen LogP contribution in [0.3, 0.4) is 0 Å². The highest BCUT2D eigenvalue weighted by molar-refractivity contribution is 6.31. The summed E-state index contributed by atoms with van der Waals surface area (Å²) in [6.45, 7) is 10.4. The van der Waals surface area contributed by atoms with Gasteiger partial charge in [-0.15, -0.1) is 0 Å². The number of fused-ring (bicyclic) bond motifs is 2. The lowest BCUT2D eigenvalue weighted by Gasteiger charge is -2.63. The fourth-order valence-electron chi connectivity index (χ4n) is 8.91. The summed E-state index contributed by atoms with van der Waals surface area (Å²) < 4.78 is 17.7. The van der Waals surface area contributed by atoms with Gasteiger partial charge in [0.15, 0.2) is 0 Å². The minimum absolute atomic E-state index is 0.0437. The number of carbonyl (C=O) groups excluding carboxylic acids is 6. The molecule has 1 aliphatic carbocycles. The molecule has 1 unspecified atom stereocenters. The molecule has 1 atom stereocenters. The van der Waals surface area contributed by atoms with E-state index in [-0.39, 0.29) is 74.4 Å². The van der Waals surface area contributed by atoms with Gasteiger partial charge in [-0.1, -0.05) is 51.4 Å². The third kappa shape index (κ3) is 7.87. The normalized spacial score (nSPS) is 21.4. The first-order valence-corrected chi connectivity index (χ1v) is 19.8. The highest BCUT2D eigenvalue weighted by atomic mass is 35.5. The number of rotatable bonds is 15. The van der Waals surface area contributed by atoms with Crippen LogP contribution in [0.25, 0.3) is 0 Å². The second kappa shape index (κ2) is 16.4. The summed E-state index contributed by atoms with van der Waals surface area (Å²) in [4.78, 5) is 79.8. The van der Waals surface area contributed by atoms with E-state index in [9.17, 15) is 34.0 Å². The van der Waals surface area contributed by atoms with E-state index in [0.29, 0.717) is 52.8 Å². The molecule has 3 aromatic carbocycles. The number of hydrogen-bond donors (Lipinski definition) is 3. The Morgan fingerprint density at radius 1 is 0.915 bits per heavy atom. The molecule has 1 saturated carbocycles. The van der Waals surface area contributed by atoms with Gasteiger partial charge >= 0.3 is 0 Å². The molecule has 6 amide bonds. The number of halogens is 1. The molecule has 3 aromatic rings. The fourth-order valence-corrected chi connectivity index (χ4v) is 9.12. The molecule has 15 nitrogen and oxygen atoms in total. The summed E-state index contributed by atoms with van der Waals surface area (Å²) in [5, 5.41) is 18.0. The minimum Gasteiger partial charge on any atom is -0.489 e. The summed E-state index contributed by atoms with van der Waals surface area (Å²) in [6, 6.07) is 15.8. The Kier molecular flexibility index (Phi) is 11.5. The number of hydrogen-bond acceptors (Lipinski definition) is 11. The zero-order valence-electron chi connectivity index (χ0n) is 33.2. The molecular formula is C43H45ClN6O9. The van der Waals surface area contributed by atoms with Gasteiger partial charge in [0.25, 0.3) is 23.6 Å². The average Bonchev–Trinajstić information content (AvgIpc) is 3.65. The first-order chi connectivity index (χ1) is 28.1. The third-order valence-corrected chi connectivity index (χ3v) is 11.9. The maximum Gasteiger partial charge on any atom is 0.264 e. The van der Waals surface area contributed by atoms with Crippen molar-refractivity contribution in [3.8, 4) is 11.8 Å². The second-order valence-electron chi connectivity index (χ2n) is 16.2. The number of anilines is 1. The lowest BCUT2D eigenvalue weighted by molar-refractivity contribution is -0.164. The largest absolute Gasteiger partial charge is 0.489 e. The molecule has 2 fully saturated rings. The van der Waals surface area contributed by atoms with Crippen LogP contribution in [-0.4, -0.2) is 103 Å².